The average molecular weight is 188 g/mol. The van der Waals surface area contributed by atoms with E-state index in [2.05, 4.69) is 24.1 Å². The fraction of sp³-hybridized carbons (Fsp3) is 1.00. The van der Waals surface area contributed by atoms with Crippen LogP contribution in [0.1, 0.15) is 20.3 Å². The molecule has 13 heavy (non-hydrogen) atoms. The first-order valence-corrected chi connectivity index (χ1v) is 5.22. The summed E-state index contributed by atoms with van der Waals surface area (Å²) in [4.78, 5) is 2.39. The van der Waals surface area contributed by atoms with Gasteiger partial charge in [-0.1, -0.05) is 13.8 Å². The fourth-order valence-corrected chi connectivity index (χ4v) is 1.53. The Morgan fingerprint density at radius 3 is 2.62 bits per heavy atom. The summed E-state index contributed by atoms with van der Waals surface area (Å²) >= 11 is 0. The van der Waals surface area contributed by atoms with Gasteiger partial charge in [-0.2, -0.15) is 0 Å². The van der Waals surface area contributed by atoms with Crippen molar-refractivity contribution >= 4 is 0 Å². The molecule has 0 aromatic rings. The van der Waals surface area contributed by atoms with Crippen LogP contribution in [0, 0.1) is 5.92 Å². The van der Waals surface area contributed by atoms with Crippen molar-refractivity contribution in [1.82, 2.24) is 10.2 Å². The Morgan fingerprint density at radius 1 is 1.46 bits per heavy atom. The molecule has 3 nitrogen and oxygen atoms in total. The molecule has 0 radical (unpaired) electrons. The van der Waals surface area contributed by atoms with Crippen LogP contribution in [0.4, 0.5) is 0 Å². The van der Waals surface area contributed by atoms with Gasteiger partial charge in [-0.15, -0.1) is 0 Å². The molecule has 0 bridgehead atoms. The average Bonchev–Trinajstić information content (AvgIpc) is 2.12. The van der Waals surface area contributed by atoms with E-state index in [9.17, 15) is 0 Å². The lowest BCUT2D eigenvalue weighted by molar-refractivity contribution is 0.210. The van der Waals surface area contributed by atoms with Crippen LogP contribution in [0.2, 0.25) is 0 Å². The second-order valence-electron chi connectivity index (χ2n) is 3.63. The van der Waals surface area contributed by atoms with Crippen molar-refractivity contribution in [1.29, 1.82) is 0 Å². The van der Waals surface area contributed by atoms with Gasteiger partial charge in [-0.25, -0.2) is 0 Å². The molecule has 0 aliphatic heterocycles. The molecule has 0 saturated carbocycles. The van der Waals surface area contributed by atoms with Crippen LogP contribution in [0.25, 0.3) is 0 Å². The molecule has 0 rings (SSSR count). The molecule has 2 N–H and O–H groups in total. The summed E-state index contributed by atoms with van der Waals surface area (Å²) in [5.41, 5.74) is 0. The van der Waals surface area contributed by atoms with Crippen LogP contribution >= 0.6 is 0 Å². The van der Waals surface area contributed by atoms with Gasteiger partial charge in [0.25, 0.3) is 0 Å². The minimum atomic E-state index is 0.302. The number of rotatable bonds is 8. The zero-order chi connectivity index (χ0) is 10.1. The van der Waals surface area contributed by atoms with Crippen molar-refractivity contribution in [3.8, 4) is 0 Å². The van der Waals surface area contributed by atoms with Crippen molar-refractivity contribution in [2.24, 2.45) is 5.92 Å². The minimum Gasteiger partial charge on any atom is -0.396 e. The molecular weight excluding hydrogens is 164 g/mol. The van der Waals surface area contributed by atoms with Gasteiger partial charge in [0.1, 0.15) is 0 Å². The molecular formula is C10H24N2O. The highest BCUT2D eigenvalue weighted by Crippen LogP contribution is 1.99. The molecule has 0 amide bonds. The molecule has 1 unspecified atom stereocenters. The normalized spacial score (nSPS) is 13.6. The molecule has 0 aromatic carbocycles. The second kappa shape index (κ2) is 8.48. The number of hydrogen-bond acceptors (Lipinski definition) is 3. The zero-order valence-corrected chi connectivity index (χ0v) is 9.21. The van der Waals surface area contributed by atoms with Crippen molar-refractivity contribution < 1.29 is 5.11 Å². The van der Waals surface area contributed by atoms with E-state index >= 15 is 0 Å². The van der Waals surface area contributed by atoms with Gasteiger partial charge in [0.15, 0.2) is 0 Å². The van der Waals surface area contributed by atoms with Gasteiger partial charge in [-0.3, -0.25) is 0 Å². The van der Waals surface area contributed by atoms with Crippen LogP contribution in [0.3, 0.4) is 0 Å². The van der Waals surface area contributed by atoms with Crippen LogP contribution in [-0.4, -0.2) is 49.8 Å². The molecule has 0 fully saturated rings. The Balaban J connectivity index is 3.56. The Labute approximate surface area is 82.1 Å². The first-order valence-electron chi connectivity index (χ1n) is 5.22. The maximum atomic E-state index is 8.71. The Kier molecular flexibility index (Phi) is 8.40. The highest BCUT2D eigenvalue weighted by molar-refractivity contribution is 4.62. The highest BCUT2D eigenvalue weighted by Gasteiger charge is 2.06. The Morgan fingerprint density at radius 2 is 2.15 bits per heavy atom. The fourth-order valence-electron chi connectivity index (χ4n) is 1.53. The smallest absolute Gasteiger partial charge is 0.0443 e. The lowest BCUT2D eigenvalue weighted by Crippen LogP contribution is -2.33. The van der Waals surface area contributed by atoms with Gasteiger partial charge in [0.2, 0.25) is 0 Å². The molecule has 0 aliphatic rings. The lowest BCUT2D eigenvalue weighted by atomic mass is 10.1. The molecule has 0 saturated heterocycles. The predicted octanol–water partition coefficient (Wildman–Crippen LogP) is 0.546. The summed E-state index contributed by atoms with van der Waals surface area (Å²) in [7, 11) is 1.99. The highest BCUT2D eigenvalue weighted by atomic mass is 16.3. The molecule has 0 aliphatic carbocycles. The van der Waals surface area contributed by atoms with E-state index in [1.807, 2.05) is 7.05 Å². The van der Waals surface area contributed by atoms with E-state index in [1.54, 1.807) is 0 Å². The number of aliphatic hydroxyl groups excluding tert-OH is 1. The Hall–Kier alpha value is -0.120. The SMILES string of the molecule is CCN(CCCO)CC(C)CNC. The maximum Gasteiger partial charge on any atom is 0.0443 e. The quantitative estimate of drug-likeness (QED) is 0.584. The summed E-state index contributed by atoms with van der Waals surface area (Å²) < 4.78 is 0. The van der Waals surface area contributed by atoms with E-state index in [-0.39, 0.29) is 0 Å². The number of aliphatic hydroxyl groups is 1. The van der Waals surface area contributed by atoms with E-state index in [4.69, 9.17) is 5.11 Å². The van der Waals surface area contributed by atoms with Gasteiger partial charge in [0, 0.05) is 19.7 Å². The van der Waals surface area contributed by atoms with Crippen LogP contribution in [-0.2, 0) is 0 Å². The number of hydrogen-bond donors (Lipinski definition) is 2. The molecule has 0 aromatic heterocycles. The Bertz CT molecular complexity index is 109. The first kappa shape index (κ1) is 12.9. The summed E-state index contributed by atoms with van der Waals surface area (Å²) in [5, 5.41) is 11.9. The summed E-state index contributed by atoms with van der Waals surface area (Å²) in [5.74, 6) is 0.684. The van der Waals surface area contributed by atoms with E-state index in [0.29, 0.717) is 12.5 Å². The first-order chi connectivity index (χ1) is 6.24. The van der Waals surface area contributed by atoms with Crippen molar-refractivity contribution in [3.05, 3.63) is 0 Å². The van der Waals surface area contributed by atoms with E-state index < -0.39 is 0 Å². The molecule has 1 atom stereocenters. The number of nitrogens with zero attached hydrogens (tertiary/aromatic N) is 1. The predicted molar refractivity (Wildman–Crippen MR) is 56.9 cm³/mol. The maximum absolute atomic E-state index is 8.71. The van der Waals surface area contributed by atoms with E-state index in [1.165, 1.54) is 0 Å². The van der Waals surface area contributed by atoms with Crippen molar-refractivity contribution in [2.45, 2.75) is 20.3 Å². The third-order valence-electron chi connectivity index (χ3n) is 2.20. The largest absolute Gasteiger partial charge is 0.396 e. The monoisotopic (exact) mass is 188 g/mol. The molecule has 0 spiro atoms. The van der Waals surface area contributed by atoms with Gasteiger partial charge >= 0.3 is 0 Å². The topological polar surface area (TPSA) is 35.5 Å². The van der Waals surface area contributed by atoms with E-state index in [0.717, 1.165) is 32.6 Å². The molecule has 0 heterocycles. The summed E-state index contributed by atoms with van der Waals surface area (Å²) in [6.07, 6.45) is 0.889. The van der Waals surface area contributed by atoms with Gasteiger partial charge in [-0.05, 0) is 32.5 Å². The number of nitrogens with one attached hydrogen (secondary N) is 1. The van der Waals surface area contributed by atoms with Crippen LogP contribution in [0.15, 0.2) is 0 Å². The van der Waals surface area contributed by atoms with Crippen molar-refractivity contribution in [3.63, 3.8) is 0 Å². The van der Waals surface area contributed by atoms with Gasteiger partial charge in [0.05, 0.1) is 0 Å². The third kappa shape index (κ3) is 6.99. The second-order valence-corrected chi connectivity index (χ2v) is 3.63. The third-order valence-corrected chi connectivity index (χ3v) is 2.20. The summed E-state index contributed by atoms with van der Waals surface area (Å²) in [6, 6.07) is 0. The zero-order valence-electron chi connectivity index (χ0n) is 9.21. The van der Waals surface area contributed by atoms with Gasteiger partial charge < -0.3 is 15.3 Å². The molecule has 3 heteroatoms. The van der Waals surface area contributed by atoms with Crippen LogP contribution in [0.5, 0.6) is 0 Å². The molecule has 80 valence electrons. The standard InChI is InChI=1S/C10H24N2O/c1-4-12(6-5-7-13)9-10(2)8-11-3/h10-11,13H,4-9H2,1-3H3. The lowest BCUT2D eigenvalue weighted by Gasteiger charge is -2.23. The minimum absolute atomic E-state index is 0.302. The van der Waals surface area contributed by atoms with Crippen LogP contribution < -0.4 is 5.32 Å². The summed E-state index contributed by atoms with van der Waals surface area (Å²) in [6.45, 7) is 9.00. The van der Waals surface area contributed by atoms with Crippen molar-refractivity contribution in [2.75, 3.05) is 39.8 Å².